The number of aliphatic hydroxyl groups is 1. The smallest absolute Gasteiger partial charge is 0.129 e. The summed E-state index contributed by atoms with van der Waals surface area (Å²) in [6.45, 7) is 4.01. The zero-order chi connectivity index (χ0) is 14.7. The van der Waals surface area contributed by atoms with Gasteiger partial charge >= 0.3 is 0 Å². The van der Waals surface area contributed by atoms with Gasteiger partial charge in [-0.15, -0.1) is 0 Å². The molecule has 2 aromatic carbocycles. The summed E-state index contributed by atoms with van der Waals surface area (Å²) in [7, 11) is 0. The quantitative estimate of drug-likeness (QED) is 0.902. The van der Waals surface area contributed by atoms with Gasteiger partial charge in [0.15, 0.2) is 0 Å². The molecule has 0 fully saturated rings. The van der Waals surface area contributed by atoms with Crippen LogP contribution >= 0.6 is 0 Å². The summed E-state index contributed by atoms with van der Waals surface area (Å²) in [5.41, 5.74) is 3.64. The van der Waals surface area contributed by atoms with Crippen LogP contribution in [0.1, 0.15) is 22.3 Å². The normalized spacial score (nSPS) is 12.4. The minimum atomic E-state index is -0.684. The van der Waals surface area contributed by atoms with E-state index in [2.05, 4.69) is 6.07 Å². The lowest BCUT2D eigenvalue weighted by Gasteiger charge is -2.12. The molecule has 0 aliphatic rings. The van der Waals surface area contributed by atoms with Crippen LogP contribution in [0.2, 0.25) is 0 Å². The third-order valence-corrected chi connectivity index (χ3v) is 3.22. The van der Waals surface area contributed by atoms with Crippen LogP contribution < -0.4 is 0 Å². The molecule has 106 valence electrons. The van der Waals surface area contributed by atoms with Crippen molar-refractivity contribution in [3.63, 3.8) is 0 Å². The van der Waals surface area contributed by atoms with Gasteiger partial charge in [-0.1, -0.05) is 35.4 Å². The first-order valence-electron chi connectivity index (χ1n) is 6.63. The molecule has 3 heteroatoms. The molecule has 1 atom stereocenters. The molecule has 0 amide bonds. The summed E-state index contributed by atoms with van der Waals surface area (Å²) in [6.07, 6.45) is -0.0468. The van der Waals surface area contributed by atoms with E-state index < -0.39 is 17.7 Å². The van der Waals surface area contributed by atoms with Crippen molar-refractivity contribution in [2.24, 2.45) is 0 Å². The monoisotopic (exact) mass is 276 g/mol. The third-order valence-electron chi connectivity index (χ3n) is 3.22. The van der Waals surface area contributed by atoms with Crippen LogP contribution in [0, 0.1) is 25.5 Å². The summed E-state index contributed by atoms with van der Waals surface area (Å²) < 4.78 is 26.3. The summed E-state index contributed by atoms with van der Waals surface area (Å²) in [5.74, 6) is -1.21. The van der Waals surface area contributed by atoms with Crippen molar-refractivity contribution in [1.82, 2.24) is 0 Å². The third kappa shape index (κ3) is 3.87. The summed E-state index contributed by atoms with van der Waals surface area (Å²) in [6, 6.07) is 9.53. The molecule has 2 aromatic rings. The van der Waals surface area contributed by atoms with Gasteiger partial charge < -0.3 is 5.11 Å². The van der Waals surface area contributed by atoms with Crippen molar-refractivity contribution >= 4 is 0 Å². The number of hydrogen-bond donors (Lipinski definition) is 1. The molecular weight excluding hydrogens is 258 g/mol. The summed E-state index contributed by atoms with van der Waals surface area (Å²) in [5, 5.41) is 10.1. The van der Waals surface area contributed by atoms with Crippen molar-refractivity contribution in [1.29, 1.82) is 0 Å². The molecule has 0 heterocycles. The number of aryl methyl sites for hydroxylation is 2. The van der Waals surface area contributed by atoms with Crippen molar-refractivity contribution in [2.45, 2.75) is 32.8 Å². The highest BCUT2D eigenvalue weighted by Gasteiger charge is 2.11. The van der Waals surface area contributed by atoms with Gasteiger partial charge in [0.05, 0.1) is 6.10 Å². The van der Waals surface area contributed by atoms with Gasteiger partial charge in [0.1, 0.15) is 11.6 Å². The maximum absolute atomic E-state index is 13.5. The standard InChI is InChI=1S/C17H18F2O/c1-11-5-12(2)7-13(6-11)8-16(20)9-14-3-4-15(18)10-17(14)19/h3-7,10,16,20H,8-9H2,1-2H3. The van der Waals surface area contributed by atoms with Crippen molar-refractivity contribution in [3.05, 3.63) is 70.3 Å². The van der Waals surface area contributed by atoms with Crippen molar-refractivity contribution in [3.8, 4) is 0 Å². The average Bonchev–Trinajstić information content (AvgIpc) is 2.31. The van der Waals surface area contributed by atoms with Crippen LogP contribution in [-0.2, 0) is 12.8 Å². The number of halogens is 2. The lowest BCUT2D eigenvalue weighted by Crippen LogP contribution is -2.15. The minimum absolute atomic E-state index is 0.180. The van der Waals surface area contributed by atoms with Gasteiger partial charge in [0.25, 0.3) is 0 Å². The second-order valence-electron chi connectivity index (χ2n) is 5.29. The van der Waals surface area contributed by atoms with Crippen LogP contribution in [0.15, 0.2) is 36.4 Å². The van der Waals surface area contributed by atoms with Crippen molar-refractivity contribution in [2.75, 3.05) is 0 Å². The average molecular weight is 276 g/mol. The van der Waals surface area contributed by atoms with E-state index in [4.69, 9.17) is 0 Å². The van der Waals surface area contributed by atoms with E-state index in [0.29, 0.717) is 12.0 Å². The second kappa shape index (κ2) is 6.14. The first-order valence-corrected chi connectivity index (χ1v) is 6.63. The van der Waals surface area contributed by atoms with Gasteiger partial charge in [0, 0.05) is 12.5 Å². The lowest BCUT2D eigenvalue weighted by atomic mass is 9.98. The molecule has 0 aliphatic heterocycles. The van der Waals surface area contributed by atoms with Crippen LogP contribution in [0.3, 0.4) is 0 Å². The second-order valence-corrected chi connectivity index (χ2v) is 5.29. The van der Waals surface area contributed by atoms with E-state index in [1.54, 1.807) is 0 Å². The Labute approximate surface area is 117 Å². The van der Waals surface area contributed by atoms with E-state index in [1.165, 1.54) is 12.1 Å². The molecule has 20 heavy (non-hydrogen) atoms. The predicted octanol–water partition coefficient (Wildman–Crippen LogP) is 3.73. The fraction of sp³-hybridized carbons (Fsp3) is 0.294. The van der Waals surface area contributed by atoms with E-state index in [9.17, 15) is 13.9 Å². The molecule has 0 aliphatic carbocycles. The number of rotatable bonds is 4. The zero-order valence-electron chi connectivity index (χ0n) is 11.7. The van der Waals surface area contributed by atoms with Gasteiger partial charge in [-0.2, -0.15) is 0 Å². The number of hydrogen-bond acceptors (Lipinski definition) is 1. The van der Waals surface area contributed by atoms with E-state index in [0.717, 1.165) is 22.8 Å². The highest BCUT2D eigenvalue weighted by Crippen LogP contribution is 2.15. The molecule has 0 saturated carbocycles. The highest BCUT2D eigenvalue weighted by atomic mass is 19.1. The Bertz CT molecular complexity index is 588. The molecule has 1 N–H and O–H groups in total. The van der Waals surface area contributed by atoms with Crippen molar-refractivity contribution < 1.29 is 13.9 Å². The summed E-state index contributed by atoms with van der Waals surface area (Å²) in [4.78, 5) is 0. The first kappa shape index (κ1) is 14.7. The van der Waals surface area contributed by atoms with Crippen LogP contribution in [0.5, 0.6) is 0 Å². The Kier molecular flexibility index (Phi) is 4.50. The minimum Gasteiger partial charge on any atom is -0.392 e. The molecule has 0 radical (unpaired) electrons. The number of benzene rings is 2. The van der Waals surface area contributed by atoms with E-state index in [1.807, 2.05) is 26.0 Å². The molecular formula is C17H18F2O. The molecule has 2 rings (SSSR count). The highest BCUT2D eigenvalue weighted by molar-refractivity contribution is 5.29. The van der Waals surface area contributed by atoms with E-state index in [-0.39, 0.29) is 6.42 Å². The van der Waals surface area contributed by atoms with Gasteiger partial charge in [-0.25, -0.2) is 8.78 Å². The molecule has 0 bridgehead atoms. The molecule has 1 nitrogen and oxygen atoms in total. The summed E-state index contributed by atoms with van der Waals surface area (Å²) >= 11 is 0. The first-order chi connectivity index (χ1) is 9.44. The largest absolute Gasteiger partial charge is 0.392 e. The predicted molar refractivity (Wildman–Crippen MR) is 75.7 cm³/mol. The molecule has 0 spiro atoms. The van der Waals surface area contributed by atoms with Crippen LogP contribution in [0.25, 0.3) is 0 Å². The van der Waals surface area contributed by atoms with Crippen LogP contribution in [-0.4, -0.2) is 11.2 Å². The molecule has 0 saturated heterocycles. The Morgan fingerprint density at radius 3 is 2.20 bits per heavy atom. The number of aliphatic hydroxyl groups excluding tert-OH is 1. The maximum Gasteiger partial charge on any atom is 0.129 e. The lowest BCUT2D eigenvalue weighted by molar-refractivity contribution is 0.174. The van der Waals surface area contributed by atoms with Crippen LogP contribution in [0.4, 0.5) is 8.78 Å². The fourth-order valence-corrected chi connectivity index (χ4v) is 2.47. The topological polar surface area (TPSA) is 20.2 Å². The Morgan fingerprint density at radius 2 is 1.60 bits per heavy atom. The van der Waals surface area contributed by atoms with Gasteiger partial charge in [0.2, 0.25) is 0 Å². The van der Waals surface area contributed by atoms with Gasteiger partial charge in [-0.3, -0.25) is 0 Å². The Morgan fingerprint density at radius 1 is 0.950 bits per heavy atom. The maximum atomic E-state index is 13.5. The molecule has 0 aromatic heterocycles. The fourth-order valence-electron chi connectivity index (χ4n) is 2.47. The molecule has 1 unspecified atom stereocenters. The zero-order valence-corrected chi connectivity index (χ0v) is 11.7. The van der Waals surface area contributed by atoms with E-state index >= 15 is 0 Å². The Balaban J connectivity index is 2.06. The SMILES string of the molecule is Cc1cc(C)cc(CC(O)Cc2ccc(F)cc2F)c1. The van der Waals surface area contributed by atoms with Gasteiger partial charge in [-0.05, 0) is 37.5 Å². The Hall–Kier alpha value is -1.74.